The summed E-state index contributed by atoms with van der Waals surface area (Å²) < 4.78 is 35.3. The molecule has 666 valence electrons. The fourth-order valence-corrected chi connectivity index (χ4v) is 19.2. The Balaban J connectivity index is 0.706. The molecule has 8 aromatic rings. The van der Waals surface area contributed by atoms with Crippen molar-refractivity contribution in [3.05, 3.63) is 334 Å². The summed E-state index contributed by atoms with van der Waals surface area (Å²) >= 11 is 0. The van der Waals surface area contributed by atoms with E-state index in [0.29, 0.717) is 0 Å². The smallest absolute Gasteiger partial charge is 0.445 e. The zero-order valence-electron chi connectivity index (χ0n) is 77.5. The lowest BCUT2D eigenvalue weighted by Gasteiger charge is -2.45. The van der Waals surface area contributed by atoms with Crippen LogP contribution in [0.4, 0.5) is 0 Å². The Morgan fingerprint density at radius 3 is 0.891 bits per heavy atom. The van der Waals surface area contributed by atoms with Crippen LogP contribution >= 0.6 is 0 Å². The zero-order valence-corrected chi connectivity index (χ0v) is 77.5. The Morgan fingerprint density at radius 1 is 0.271 bits per heavy atom. The van der Waals surface area contributed by atoms with Crippen LogP contribution in [0, 0.1) is 0 Å². The van der Waals surface area contributed by atoms with Gasteiger partial charge in [0.1, 0.15) is 46.0 Å². The van der Waals surface area contributed by atoms with E-state index in [9.17, 15) is 0 Å². The van der Waals surface area contributed by atoms with Gasteiger partial charge in [-0.05, 0) is 298 Å². The van der Waals surface area contributed by atoms with E-state index in [0.717, 1.165) is 241 Å². The second kappa shape index (κ2) is 46.6. The number of rotatable bonds is 56. The first-order chi connectivity index (χ1) is 63.9. The van der Waals surface area contributed by atoms with Crippen molar-refractivity contribution in [3.63, 3.8) is 0 Å². The van der Waals surface area contributed by atoms with Gasteiger partial charge in [0.15, 0.2) is 0 Å². The summed E-state index contributed by atoms with van der Waals surface area (Å²) in [5, 5.41) is 0. The van der Waals surface area contributed by atoms with Gasteiger partial charge >= 0.3 is 5.91 Å². The maximum Gasteiger partial charge on any atom is 0.445 e. The van der Waals surface area contributed by atoms with E-state index in [1.54, 1.807) is 0 Å². The number of fused-ring (bicyclic) bond motifs is 12. The van der Waals surface area contributed by atoms with Crippen LogP contribution in [-0.4, -0.2) is 65.4 Å². The van der Waals surface area contributed by atoms with Crippen molar-refractivity contribution in [1.82, 2.24) is 4.90 Å². The average molecular weight is 1720 g/mol. The average Bonchev–Trinajstić information content (AvgIpc) is 1.47. The van der Waals surface area contributed by atoms with E-state index in [4.69, 9.17) is 38.9 Å². The third-order valence-corrected chi connectivity index (χ3v) is 25.9. The lowest BCUT2D eigenvalue weighted by molar-refractivity contribution is -0.946. The third-order valence-electron chi connectivity index (χ3n) is 25.9. The number of aliphatic imine (C=N–C) groups is 4. The van der Waals surface area contributed by atoms with E-state index < -0.39 is 12.1 Å². The van der Waals surface area contributed by atoms with Crippen molar-refractivity contribution in [2.45, 2.75) is 297 Å². The minimum atomic E-state index is -1.28. The van der Waals surface area contributed by atoms with Gasteiger partial charge in [0, 0.05) is 11.1 Å². The molecule has 1 spiro atoms. The van der Waals surface area contributed by atoms with Gasteiger partial charge in [-0.3, -0.25) is 0 Å². The number of amidine groups is 7. The van der Waals surface area contributed by atoms with Crippen LogP contribution in [-0.2, 0) is 25.7 Å². The highest BCUT2D eigenvalue weighted by Crippen LogP contribution is 2.55. The Hall–Kier alpha value is -11.6. The molecule has 0 aromatic heterocycles. The first kappa shape index (κ1) is 90.7. The molecule has 0 N–H and O–H groups in total. The molecular formula is C117H137N8O4+3. The number of unbranched alkanes of at least 4 members (excludes halogenated alkanes) is 24. The van der Waals surface area contributed by atoms with Crippen LogP contribution in [0.1, 0.15) is 332 Å². The molecule has 0 fully saturated rings. The van der Waals surface area contributed by atoms with Crippen LogP contribution in [0.5, 0.6) is 46.0 Å². The third kappa shape index (κ3) is 22.5. The SMILES string of the molecule is CCC/C=C/C/C=C/CCCCCCCc1cccc(Oc2ccc3c(c2)C2=NC4=[N+]5C(=NC6=[N+]7C(=NC8c9cc(Oc%10cccc(CCCCCCC/C=C/C/C=C/CCC)c%10)ccc9C9=NC3=[N+]2[C@@]57N98)c2cc(Oc3cccc(CCCCCCC/C=C/C/C=C/CCC)c3)ccc26)c2cc(Oc3cccc(CCCCCCC/C=C/C/C=C/CCC)c3)ccc24)c1. The summed E-state index contributed by atoms with van der Waals surface area (Å²) in [4.78, 5) is 26.4. The lowest BCUT2D eigenvalue weighted by Crippen LogP contribution is -2.78. The van der Waals surface area contributed by atoms with Crippen molar-refractivity contribution >= 4 is 40.8 Å². The molecule has 0 saturated heterocycles. The summed E-state index contributed by atoms with van der Waals surface area (Å²) in [5.41, 5.74) is 12.7. The van der Waals surface area contributed by atoms with Crippen molar-refractivity contribution in [3.8, 4) is 46.0 Å². The Labute approximate surface area is 770 Å². The molecule has 8 heterocycles. The summed E-state index contributed by atoms with van der Waals surface area (Å²) in [6, 6.07) is 60.8. The maximum atomic E-state index is 7.06. The van der Waals surface area contributed by atoms with Gasteiger partial charge in [0.25, 0.3) is 35.0 Å². The predicted octanol–water partition coefficient (Wildman–Crippen LogP) is 31.0. The molecule has 2 atom stereocenters. The number of ether oxygens (including phenoxy) is 4. The Morgan fingerprint density at radius 2 is 0.550 bits per heavy atom. The van der Waals surface area contributed by atoms with Gasteiger partial charge in [0.05, 0.1) is 33.4 Å². The van der Waals surface area contributed by atoms with E-state index in [1.165, 1.54) is 170 Å². The molecule has 1 unspecified atom stereocenters. The van der Waals surface area contributed by atoms with E-state index in [-0.39, 0.29) is 0 Å². The highest BCUT2D eigenvalue weighted by molar-refractivity contribution is 6.28. The monoisotopic (exact) mass is 1720 g/mol. The second-order valence-electron chi connectivity index (χ2n) is 36.0. The van der Waals surface area contributed by atoms with Crippen LogP contribution < -0.4 is 18.9 Å². The van der Waals surface area contributed by atoms with Gasteiger partial charge < -0.3 is 18.9 Å². The highest BCUT2D eigenvalue weighted by atomic mass is 16.5. The predicted molar refractivity (Wildman–Crippen MR) is 535 cm³/mol. The van der Waals surface area contributed by atoms with Gasteiger partial charge in [-0.25, -0.2) is 4.90 Å². The fraction of sp³-hybridized carbons (Fsp3) is 0.393. The number of allylic oxidation sites excluding steroid dienone is 16. The van der Waals surface area contributed by atoms with Crippen LogP contribution in [0.15, 0.2) is 287 Å². The quantitative estimate of drug-likeness (QED) is 0.0215. The van der Waals surface area contributed by atoms with Crippen molar-refractivity contribution in [2.75, 3.05) is 0 Å². The minimum absolute atomic E-state index is 0.603. The number of benzene rings is 8. The molecule has 0 saturated carbocycles. The Kier molecular flexibility index (Phi) is 32.7. The lowest BCUT2D eigenvalue weighted by atomic mass is 10.0. The van der Waals surface area contributed by atoms with E-state index in [1.807, 2.05) is 0 Å². The van der Waals surface area contributed by atoms with Gasteiger partial charge in [0.2, 0.25) is 12.0 Å². The van der Waals surface area contributed by atoms with E-state index >= 15 is 0 Å². The first-order valence-corrected chi connectivity index (χ1v) is 49.9. The minimum Gasteiger partial charge on any atom is -0.457 e. The number of nitrogens with zero attached hydrogens (tertiary/aromatic N) is 8. The topological polar surface area (TPSA) is 98.6 Å². The summed E-state index contributed by atoms with van der Waals surface area (Å²) in [7, 11) is 0. The number of hydrogen-bond donors (Lipinski definition) is 0. The first-order valence-electron chi connectivity index (χ1n) is 49.9. The zero-order chi connectivity index (χ0) is 88.0. The fourth-order valence-electron chi connectivity index (χ4n) is 19.2. The molecule has 16 rings (SSSR count). The van der Waals surface area contributed by atoms with Gasteiger partial charge in [-0.15, -0.1) is 18.7 Å². The van der Waals surface area contributed by atoms with Crippen molar-refractivity contribution < 1.29 is 32.7 Å². The van der Waals surface area contributed by atoms with Crippen molar-refractivity contribution in [1.29, 1.82) is 0 Å². The summed E-state index contributed by atoms with van der Waals surface area (Å²) in [5.74, 6) is 10.3. The normalized spacial score (nSPS) is 16.5. The molecule has 0 bridgehead atoms. The Bertz CT molecular complexity index is 5710. The standard InChI is InChI=1S/C117H137N8O4/c1-5-9-13-17-21-25-29-33-37-41-45-49-53-61-89-65-57-69-93(81-89)126-97-73-77-101-105(85-97)113-119-111-103-79-75-98(127-94-70-58-66-90(82-94)62-54-50-46-42-38-34-30-26-22-18-14-10-6-2)86-106(103)114-120-112-104-80-76-100(129-96-72-60-68-92(84-96)64-56-52-48-44-40-36-32-28-24-20-16-12-8-4)88-108(104)116-121-115-107-87-99(74-78-102(107)110-118-109(101)122(113)117(123(110)115,124(111)114)125(112)116)128-95-71-59-67-91(83-95)63-55-51-47-43-39-35-31-27-23-19-15-11-7-3/h13-20,25-32,57-60,65-88,115H,5-12,21-24,33-56,61-64H2,1-4H3/q+3/b17-13+,18-14+,19-15+,20-16+,29-25+,30-26+,31-27+,32-28+/t115?,117-/m1/s1. The molecule has 0 radical (unpaired) electrons. The molecule has 12 heteroatoms. The number of hydrogen-bond acceptors (Lipinski definition) is 9. The van der Waals surface area contributed by atoms with Crippen LogP contribution in [0.25, 0.3) is 0 Å². The van der Waals surface area contributed by atoms with Gasteiger partial charge in [-0.2, -0.15) is 0 Å². The van der Waals surface area contributed by atoms with Crippen LogP contribution in [0.2, 0.25) is 0 Å². The molecule has 8 aliphatic heterocycles. The highest BCUT2D eigenvalue weighted by Gasteiger charge is 2.78. The van der Waals surface area contributed by atoms with Crippen LogP contribution in [0.3, 0.4) is 0 Å². The van der Waals surface area contributed by atoms with Crippen molar-refractivity contribution in [2.24, 2.45) is 20.0 Å². The molecule has 0 amide bonds. The van der Waals surface area contributed by atoms with E-state index in [2.05, 4.69) is 313 Å². The molecule has 8 aliphatic rings. The summed E-state index contributed by atoms with van der Waals surface area (Å²) in [6.45, 7) is 8.93. The summed E-state index contributed by atoms with van der Waals surface area (Å²) in [6.07, 6.45) is 83.1. The molecule has 8 aromatic carbocycles. The van der Waals surface area contributed by atoms with Gasteiger partial charge in [-0.1, -0.05) is 291 Å². The molecule has 12 nitrogen and oxygen atoms in total. The largest absolute Gasteiger partial charge is 0.457 e. The molecule has 0 aliphatic carbocycles. The molecular weight excluding hydrogens is 1580 g/mol. The second-order valence-corrected chi connectivity index (χ2v) is 36.0. The number of aryl methyl sites for hydroxylation is 4. The molecule has 129 heavy (non-hydrogen) atoms. The maximum absolute atomic E-state index is 7.06.